The quantitative estimate of drug-likeness (QED) is 0.253. The molecular weight excluding hydrogens is 183 g/mol. The van der Waals surface area contributed by atoms with E-state index >= 15 is 0 Å². The molecule has 76 valence electrons. The minimum Gasteiger partial charge on any atom is -0.387 e. The van der Waals surface area contributed by atoms with Crippen LogP contribution in [0.1, 0.15) is 13.0 Å². The molecule has 0 fully saturated rings. The second-order valence-corrected chi connectivity index (χ2v) is 2.63. The molecule has 0 aliphatic rings. The fraction of sp³-hybridized carbons (Fsp3) is 0.222. The number of nitro benzene ring substituents is 1. The lowest BCUT2D eigenvalue weighted by Crippen LogP contribution is -2.12. The van der Waals surface area contributed by atoms with E-state index in [0.29, 0.717) is 6.42 Å². The van der Waals surface area contributed by atoms with Crippen LogP contribution in [0.15, 0.2) is 24.3 Å². The number of hydrogen-bond acceptors (Lipinski definition) is 3. The first-order valence-electron chi connectivity index (χ1n) is 3.66. The van der Waals surface area contributed by atoms with Crippen LogP contribution in [0.2, 0.25) is 0 Å². The number of nitrogens with one attached hydrogen (secondary N) is 1. The molecular formula is C9H13N3O2. The number of nitrogens with two attached hydrogens (primary N) is 1. The van der Waals surface area contributed by atoms with Crippen LogP contribution in [0.5, 0.6) is 0 Å². The largest absolute Gasteiger partial charge is 0.387 e. The van der Waals surface area contributed by atoms with Crippen LogP contribution in [-0.2, 0) is 6.42 Å². The van der Waals surface area contributed by atoms with Crippen LogP contribution >= 0.6 is 0 Å². The monoisotopic (exact) mass is 196 g/mol. The third-order valence-corrected chi connectivity index (χ3v) is 1.54. The van der Waals surface area contributed by atoms with Gasteiger partial charge in [-0.2, -0.15) is 0 Å². The van der Waals surface area contributed by atoms with Crippen LogP contribution in [0.4, 0.5) is 5.69 Å². The summed E-state index contributed by atoms with van der Waals surface area (Å²) in [5.74, 6) is 0.0499. The summed E-state index contributed by atoms with van der Waals surface area (Å²) in [6.07, 6.45) is 0.331. The van der Waals surface area contributed by atoms with Gasteiger partial charge in [0.15, 0.2) is 0 Å². The predicted molar refractivity (Wildman–Crippen MR) is 55.4 cm³/mol. The maximum atomic E-state index is 10.3. The number of nitrogens with zero attached hydrogens (tertiary/aromatic N) is 1. The summed E-state index contributed by atoms with van der Waals surface area (Å²) < 4.78 is 0. The van der Waals surface area contributed by atoms with Gasteiger partial charge in [-0.05, 0) is 5.56 Å². The number of non-ortho nitro benzene ring substituents is 1. The Kier molecular flexibility index (Phi) is 4.28. The maximum Gasteiger partial charge on any atom is 0.269 e. The van der Waals surface area contributed by atoms with Crippen molar-refractivity contribution < 1.29 is 4.92 Å². The Balaban J connectivity index is 0.00000169. The second kappa shape index (κ2) is 4.96. The second-order valence-electron chi connectivity index (χ2n) is 2.63. The highest BCUT2D eigenvalue weighted by Crippen LogP contribution is 2.11. The van der Waals surface area contributed by atoms with Gasteiger partial charge in [-0.15, -0.1) is 0 Å². The van der Waals surface area contributed by atoms with E-state index in [1.165, 1.54) is 12.1 Å². The highest BCUT2D eigenvalue weighted by molar-refractivity contribution is 5.79. The van der Waals surface area contributed by atoms with Gasteiger partial charge in [0, 0.05) is 18.6 Å². The molecule has 0 heterocycles. The molecule has 3 N–H and O–H groups in total. The zero-order valence-corrected chi connectivity index (χ0v) is 6.86. The molecule has 5 heteroatoms. The molecule has 0 unspecified atom stereocenters. The molecule has 0 radical (unpaired) electrons. The molecule has 0 saturated carbocycles. The van der Waals surface area contributed by atoms with Crippen molar-refractivity contribution in [3.8, 4) is 0 Å². The van der Waals surface area contributed by atoms with E-state index in [1.54, 1.807) is 12.1 Å². The number of amidine groups is 1. The van der Waals surface area contributed by atoms with Crippen LogP contribution in [-0.4, -0.2) is 10.8 Å². The Labute approximate surface area is 82.2 Å². The van der Waals surface area contributed by atoms with Gasteiger partial charge in [0.1, 0.15) is 0 Å². The average Bonchev–Trinajstić information content (AvgIpc) is 2.04. The molecule has 0 bridgehead atoms. The highest BCUT2D eigenvalue weighted by atomic mass is 16.6. The number of hydrogen-bond donors (Lipinski definition) is 2. The predicted octanol–water partition coefficient (Wildman–Crippen LogP) is 1.71. The standard InChI is InChI=1S/C8H9N3O2.CH4/c9-8(10)5-6-1-3-7(4-2-6)11(12)13;/h1-4H,5H2,(H3,9,10);1H4/i8+1;. The summed E-state index contributed by atoms with van der Waals surface area (Å²) in [5, 5.41) is 17.3. The molecule has 1 aromatic carbocycles. The molecule has 14 heavy (non-hydrogen) atoms. The zero-order chi connectivity index (χ0) is 9.84. The molecule has 0 saturated heterocycles. The van der Waals surface area contributed by atoms with Gasteiger partial charge in [0.25, 0.3) is 5.69 Å². The highest BCUT2D eigenvalue weighted by Gasteiger charge is 2.03. The van der Waals surface area contributed by atoms with Gasteiger partial charge in [0.2, 0.25) is 0 Å². The summed E-state index contributed by atoms with van der Waals surface area (Å²) in [6, 6.07) is 6.00. The van der Waals surface area contributed by atoms with E-state index in [4.69, 9.17) is 11.1 Å². The Morgan fingerprint density at radius 3 is 2.29 bits per heavy atom. The van der Waals surface area contributed by atoms with Crippen molar-refractivity contribution in [1.82, 2.24) is 0 Å². The van der Waals surface area contributed by atoms with Gasteiger partial charge >= 0.3 is 0 Å². The lowest BCUT2D eigenvalue weighted by molar-refractivity contribution is -0.384. The molecule has 1 aromatic rings. The molecule has 0 spiro atoms. The Morgan fingerprint density at radius 1 is 1.43 bits per heavy atom. The van der Waals surface area contributed by atoms with E-state index < -0.39 is 4.92 Å². The van der Waals surface area contributed by atoms with Gasteiger partial charge < -0.3 is 5.73 Å². The van der Waals surface area contributed by atoms with Crippen molar-refractivity contribution in [2.75, 3.05) is 0 Å². The van der Waals surface area contributed by atoms with Crippen LogP contribution < -0.4 is 5.73 Å². The molecule has 0 aromatic heterocycles. The van der Waals surface area contributed by atoms with Crippen LogP contribution in [0, 0.1) is 15.5 Å². The third kappa shape index (κ3) is 3.22. The third-order valence-electron chi connectivity index (χ3n) is 1.54. The molecule has 5 nitrogen and oxygen atoms in total. The van der Waals surface area contributed by atoms with Crippen molar-refractivity contribution in [3.63, 3.8) is 0 Å². The van der Waals surface area contributed by atoms with Gasteiger partial charge in [-0.25, -0.2) is 0 Å². The van der Waals surface area contributed by atoms with E-state index in [2.05, 4.69) is 0 Å². The van der Waals surface area contributed by atoms with Gasteiger partial charge in [-0.3, -0.25) is 15.5 Å². The Hall–Kier alpha value is -1.91. The van der Waals surface area contributed by atoms with Crippen molar-refractivity contribution in [3.05, 3.63) is 39.9 Å². The van der Waals surface area contributed by atoms with Gasteiger partial charge in [-0.1, -0.05) is 19.6 Å². The molecule has 1 rings (SSSR count). The normalized spacial score (nSPS) is 8.86. The Morgan fingerprint density at radius 2 is 1.93 bits per heavy atom. The molecule has 0 aliphatic heterocycles. The SMILES string of the molecule is C.N=[13C](N)Cc1ccc([N+](=O)[O-])cc1. The summed E-state index contributed by atoms with van der Waals surface area (Å²) in [6.45, 7) is 0. The first-order valence-corrected chi connectivity index (χ1v) is 3.66. The maximum absolute atomic E-state index is 10.3. The minimum atomic E-state index is -0.461. The minimum absolute atomic E-state index is 0. The molecule has 0 aliphatic carbocycles. The summed E-state index contributed by atoms with van der Waals surface area (Å²) >= 11 is 0. The number of rotatable bonds is 3. The Bertz CT molecular complexity index is 332. The van der Waals surface area contributed by atoms with Crippen molar-refractivity contribution in [1.29, 1.82) is 5.41 Å². The average molecular weight is 196 g/mol. The zero-order valence-electron chi connectivity index (χ0n) is 6.86. The van der Waals surface area contributed by atoms with E-state index in [1.807, 2.05) is 0 Å². The van der Waals surface area contributed by atoms with Crippen LogP contribution in [0.3, 0.4) is 0 Å². The lowest BCUT2D eigenvalue weighted by Gasteiger charge is -1.97. The number of benzene rings is 1. The van der Waals surface area contributed by atoms with E-state index in [-0.39, 0.29) is 18.9 Å². The summed E-state index contributed by atoms with van der Waals surface area (Å²) in [4.78, 5) is 9.81. The number of nitro groups is 1. The summed E-state index contributed by atoms with van der Waals surface area (Å²) in [7, 11) is 0. The smallest absolute Gasteiger partial charge is 0.269 e. The first kappa shape index (κ1) is 12.1. The molecule has 0 atom stereocenters. The summed E-state index contributed by atoms with van der Waals surface area (Å²) in [5.41, 5.74) is 6.02. The van der Waals surface area contributed by atoms with E-state index in [0.717, 1.165) is 5.56 Å². The van der Waals surface area contributed by atoms with E-state index in [9.17, 15) is 10.1 Å². The fourth-order valence-corrected chi connectivity index (χ4v) is 0.955. The molecule has 0 amide bonds. The van der Waals surface area contributed by atoms with Crippen molar-refractivity contribution in [2.24, 2.45) is 5.73 Å². The van der Waals surface area contributed by atoms with Crippen molar-refractivity contribution >= 4 is 11.5 Å². The lowest BCUT2D eigenvalue weighted by atomic mass is 10.2. The van der Waals surface area contributed by atoms with Gasteiger partial charge in [0.05, 0.1) is 10.8 Å². The first-order chi connectivity index (χ1) is 6.09. The van der Waals surface area contributed by atoms with Crippen molar-refractivity contribution in [2.45, 2.75) is 13.8 Å². The van der Waals surface area contributed by atoms with Crippen LogP contribution in [0.25, 0.3) is 0 Å². The fourth-order valence-electron chi connectivity index (χ4n) is 0.955. The topological polar surface area (TPSA) is 93.0 Å².